The molecule has 8 nitrogen and oxygen atoms in total. The molecule has 0 aliphatic carbocycles. The normalized spacial score (nSPS) is 11.1. The van der Waals surface area contributed by atoms with E-state index in [-0.39, 0.29) is 22.7 Å². The van der Waals surface area contributed by atoms with Crippen LogP contribution in [0.5, 0.6) is 5.75 Å². The quantitative estimate of drug-likeness (QED) is 0.150. The van der Waals surface area contributed by atoms with Crippen LogP contribution in [0.2, 0.25) is 0 Å². The first-order valence-electron chi connectivity index (χ1n) is 11.1. The molecule has 1 aromatic heterocycles. The van der Waals surface area contributed by atoms with E-state index in [1.165, 1.54) is 46.6 Å². The van der Waals surface area contributed by atoms with Gasteiger partial charge in [-0.3, -0.25) is 14.4 Å². The minimum absolute atomic E-state index is 0.0284. The maximum Gasteiger partial charge on any atom is 0.264 e. The fourth-order valence-electron chi connectivity index (χ4n) is 3.42. The molecule has 1 N–H and O–H groups in total. The summed E-state index contributed by atoms with van der Waals surface area (Å²) in [6, 6.07) is 21.9. The second-order valence-electron chi connectivity index (χ2n) is 7.62. The number of thioether (sulfide) groups is 1. The van der Waals surface area contributed by atoms with Crippen LogP contribution in [-0.2, 0) is 16.6 Å². The molecule has 0 unspecified atom stereocenters. The van der Waals surface area contributed by atoms with Crippen molar-refractivity contribution in [3.05, 3.63) is 103 Å². The van der Waals surface area contributed by atoms with Crippen molar-refractivity contribution in [2.75, 3.05) is 22.5 Å². The predicted octanol–water partition coefficient (Wildman–Crippen LogP) is 5.47. The summed E-state index contributed by atoms with van der Waals surface area (Å²) in [7, 11) is -2.54. The largest absolute Gasteiger partial charge is 0.497 e. The zero-order chi connectivity index (χ0) is 26.3. The van der Waals surface area contributed by atoms with Crippen LogP contribution in [0.4, 0.5) is 10.8 Å². The van der Waals surface area contributed by atoms with Crippen molar-refractivity contribution in [3.8, 4) is 5.75 Å². The van der Waals surface area contributed by atoms with E-state index >= 15 is 0 Å². The average Bonchev–Trinajstić information content (AvgIpc) is 3.38. The van der Waals surface area contributed by atoms with Gasteiger partial charge in [0, 0.05) is 5.75 Å². The third-order valence-corrected chi connectivity index (χ3v) is 8.93. The van der Waals surface area contributed by atoms with E-state index in [0.29, 0.717) is 21.0 Å². The van der Waals surface area contributed by atoms with Gasteiger partial charge in [0.1, 0.15) is 5.75 Å². The summed E-state index contributed by atoms with van der Waals surface area (Å²) in [5, 5.41) is 11.2. The number of aromatic nitrogens is 2. The maximum absolute atomic E-state index is 13.9. The molecule has 0 bridgehead atoms. The Labute approximate surface area is 224 Å². The van der Waals surface area contributed by atoms with Crippen molar-refractivity contribution in [1.29, 1.82) is 0 Å². The number of amides is 1. The summed E-state index contributed by atoms with van der Waals surface area (Å²) in [4.78, 5) is 13.4. The number of hydrogen-bond acceptors (Lipinski definition) is 8. The minimum Gasteiger partial charge on any atom is -0.497 e. The van der Waals surface area contributed by atoms with E-state index in [1.807, 2.05) is 30.3 Å². The Morgan fingerprint density at radius 1 is 1.05 bits per heavy atom. The van der Waals surface area contributed by atoms with Crippen molar-refractivity contribution >= 4 is 49.8 Å². The number of methoxy groups -OCH3 is 1. The Balaban J connectivity index is 1.72. The molecule has 0 saturated heterocycles. The van der Waals surface area contributed by atoms with Crippen LogP contribution in [0, 0.1) is 0 Å². The van der Waals surface area contributed by atoms with Crippen LogP contribution in [0.25, 0.3) is 0 Å². The first-order chi connectivity index (χ1) is 17.9. The second kappa shape index (κ2) is 12.0. The molecule has 4 rings (SSSR count). The van der Waals surface area contributed by atoms with Crippen LogP contribution < -0.4 is 14.4 Å². The second-order valence-corrected chi connectivity index (χ2v) is 11.7. The number of para-hydroxylation sites is 1. The standard InChI is InChI=1S/C26H24N4O4S3/c1-3-17-35-26-29-28-25(36-26)27-24(31)22-11-7-8-12-23(22)30(18-19-9-5-4-6-10-19)37(32,33)21-15-13-20(34-2)14-16-21/h3-16H,1,17-18H2,2H3,(H,27,28,31). The van der Waals surface area contributed by atoms with Gasteiger partial charge < -0.3 is 4.74 Å². The summed E-state index contributed by atoms with van der Waals surface area (Å²) < 4.78 is 34.9. The molecule has 1 amide bonds. The molecular weight excluding hydrogens is 529 g/mol. The van der Waals surface area contributed by atoms with Gasteiger partial charge in [-0.15, -0.1) is 16.8 Å². The number of hydrogen-bond donors (Lipinski definition) is 1. The molecular formula is C26H24N4O4S3. The molecule has 0 saturated carbocycles. The third-order valence-electron chi connectivity index (χ3n) is 5.19. The van der Waals surface area contributed by atoms with E-state index in [0.717, 1.165) is 5.56 Å². The molecule has 0 aliphatic heterocycles. The average molecular weight is 553 g/mol. The molecule has 190 valence electrons. The van der Waals surface area contributed by atoms with Crippen LogP contribution in [0.15, 0.2) is 101 Å². The zero-order valence-corrected chi connectivity index (χ0v) is 22.4. The molecule has 0 spiro atoms. The lowest BCUT2D eigenvalue weighted by Crippen LogP contribution is -2.32. The number of rotatable bonds is 11. The summed E-state index contributed by atoms with van der Waals surface area (Å²) >= 11 is 2.69. The van der Waals surface area contributed by atoms with Crippen molar-refractivity contribution in [3.63, 3.8) is 0 Å². The Bertz CT molecular complexity index is 1470. The molecule has 4 aromatic rings. The van der Waals surface area contributed by atoms with Crippen LogP contribution in [0.3, 0.4) is 0 Å². The topological polar surface area (TPSA) is 101 Å². The molecule has 11 heteroatoms. The van der Waals surface area contributed by atoms with Gasteiger partial charge in [0.2, 0.25) is 5.13 Å². The number of ether oxygens (including phenoxy) is 1. The van der Waals surface area contributed by atoms with Crippen LogP contribution >= 0.6 is 23.1 Å². The van der Waals surface area contributed by atoms with Gasteiger partial charge in [-0.2, -0.15) is 0 Å². The summed E-state index contributed by atoms with van der Waals surface area (Å²) in [6.45, 7) is 3.71. The Hall–Kier alpha value is -3.67. The van der Waals surface area contributed by atoms with Crippen molar-refractivity contribution in [2.45, 2.75) is 15.8 Å². The Morgan fingerprint density at radius 3 is 2.46 bits per heavy atom. The lowest BCUT2D eigenvalue weighted by atomic mass is 10.1. The van der Waals surface area contributed by atoms with Gasteiger partial charge in [0.15, 0.2) is 4.34 Å². The van der Waals surface area contributed by atoms with E-state index in [1.54, 1.807) is 42.5 Å². The van der Waals surface area contributed by atoms with E-state index < -0.39 is 15.9 Å². The molecule has 37 heavy (non-hydrogen) atoms. The molecule has 0 aliphatic rings. The van der Waals surface area contributed by atoms with Crippen LogP contribution in [0.1, 0.15) is 15.9 Å². The van der Waals surface area contributed by atoms with Crippen LogP contribution in [-0.4, -0.2) is 37.4 Å². The van der Waals surface area contributed by atoms with Gasteiger partial charge in [-0.05, 0) is 42.0 Å². The summed E-state index contributed by atoms with van der Waals surface area (Å²) in [5.41, 5.74) is 1.19. The highest BCUT2D eigenvalue weighted by atomic mass is 32.2. The van der Waals surface area contributed by atoms with Crippen molar-refractivity contribution < 1.29 is 17.9 Å². The molecule has 3 aromatic carbocycles. The SMILES string of the molecule is C=CCSc1nnc(NC(=O)c2ccccc2N(Cc2ccccc2)S(=O)(=O)c2ccc(OC)cc2)s1. The van der Waals surface area contributed by atoms with Gasteiger partial charge in [0.25, 0.3) is 15.9 Å². The van der Waals surface area contributed by atoms with Gasteiger partial charge in [0.05, 0.1) is 29.8 Å². The summed E-state index contributed by atoms with van der Waals surface area (Å²) in [5.74, 6) is 0.717. The highest BCUT2D eigenvalue weighted by Gasteiger charge is 2.29. The molecule has 0 radical (unpaired) electrons. The molecule has 0 atom stereocenters. The third kappa shape index (κ3) is 6.37. The minimum atomic E-state index is -4.05. The number of carbonyl (C=O) groups is 1. The van der Waals surface area contributed by atoms with E-state index in [9.17, 15) is 13.2 Å². The highest BCUT2D eigenvalue weighted by Crippen LogP contribution is 2.31. The molecule has 1 heterocycles. The van der Waals surface area contributed by atoms with Gasteiger partial charge in [-0.1, -0.05) is 71.6 Å². The predicted molar refractivity (Wildman–Crippen MR) is 148 cm³/mol. The number of sulfonamides is 1. The zero-order valence-electron chi connectivity index (χ0n) is 19.9. The summed E-state index contributed by atoms with van der Waals surface area (Å²) in [6.07, 6.45) is 1.76. The fraction of sp³-hybridized carbons (Fsp3) is 0.115. The fourth-order valence-corrected chi connectivity index (χ4v) is 6.40. The Morgan fingerprint density at radius 2 is 1.76 bits per heavy atom. The number of anilines is 2. The highest BCUT2D eigenvalue weighted by molar-refractivity contribution is 8.01. The van der Waals surface area contributed by atoms with E-state index in [4.69, 9.17) is 4.74 Å². The van der Waals surface area contributed by atoms with Gasteiger partial charge in [-0.25, -0.2) is 8.42 Å². The van der Waals surface area contributed by atoms with Crippen molar-refractivity contribution in [2.24, 2.45) is 0 Å². The smallest absolute Gasteiger partial charge is 0.264 e. The number of carbonyl (C=O) groups excluding carboxylic acids is 1. The van der Waals surface area contributed by atoms with Gasteiger partial charge >= 0.3 is 0 Å². The first-order valence-corrected chi connectivity index (χ1v) is 14.3. The number of benzene rings is 3. The number of nitrogens with one attached hydrogen (secondary N) is 1. The Kier molecular flexibility index (Phi) is 8.59. The lowest BCUT2D eigenvalue weighted by molar-refractivity contribution is 0.102. The van der Waals surface area contributed by atoms with E-state index in [2.05, 4.69) is 22.1 Å². The first kappa shape index (κ1) is 26.4. The van der Waals surface area contributed by atoms with Crippen molar-refractivity contribution in [1.82, 2.24) is 10.2 Å². The lowest BCUT2D eigenvalue weighted by Gasteiger charge is -2.26. The monoisotopic (exact) mass is 552 g/mol. The number of nitrogens with zero attached hydrogens (tertiary/aromatic N) is 3. The maximum atomic E-state index is 13.9. The molecule has 0 fully saturated rings.